The molecule has 2 nitrogen and oxygen atoms in total. The molecule has 1 heterocycles. The van der Waals surface area contributed by atoms with E-state index in [1.54, 1.807) is 31.4 Å². The second-order valence-electron chi connectivity index (χ2n) is 3.64. The predicted octanol–water partition coefficient (Wildman–Crippen LogP) is 3.18. The van der Waals surface area contributed by atoms with E-state index in [0.29, 0.717) is 10.7 Å². The molecule has 2 aromatic rings. The molecular formula is C13H12ClFN2. The van der Waals surface area contributed by atoms with Crippen LogP contribution in [-0.4, -0.2) is 12.0 Å². The fourth-order valence-electron chi connectivity index (χ4n) is 1.73. The summed E-state index contributed by atoms with van der Waals surface area (Å²) in [5, 5.41) is 3.71. The van der Waals surface area contributed by atoms with Gasteiger partial charge >= 0.3 is 0 Å². The number of nitrogens with zero attached hydrogens (tertiary/aromatic N) is 1. The van der Waals surface area contributed by atoms with Crippen molar-refractivity contribution in [3.63, 3.8) is 0 Å². The van der Waals surface area contributed by atoms with Crippen molar-refractivity contribution < 1.29 is 4.39 Å². The van der Waals surface area contributed by atoms with Crippen LogP contribution in [-0.2, 0) is 0 Å². The molecule has 4 heteroatoms. The molecule has 0 aliphatic rings. The summed E-state index contributed by atoms with van der Waals surface area (Å²) in [4.78, 5) is 4.08. The van der Waals surface area contributed by atoms with Gasteiger partial charge in [-0.1, -0.05) is 23.7 Å². The minimum Gasteiger partial charge on any atom is -0.308 e. The van der Waals surface area contributed by atoms with Crippen molar-refractivity contribution in [3.05, 3.63) is 64.7 Å². The van der Waals surface area contributed by atoms with Gasteiger partial charge in [0.1, 0.15) is 5.82 Å². The van der Waals surface area contributed by atoms with Gasteiger partial charge in [-0.15, -0.1) is 0 Å². The third-order valence-corrected chi connectivity index (χ3v) is 2.80. The number of hydrogen-bond donors (Lipinski definition) is 1. The summed E-state index contributed by atoms with van der Waals surface area (Å²) in [6, 6.07) is 9.99. The molecule has 1 aromatic heterocycles. The van der Waals surface area contributed by atoms with Gasteiger partial charge in [0.15, 0.2) is 0 Å². The summed E-state index contributed by atoms with van der Waals surface area (Å²) >= 11 is 5.83. The van der Waals surface area contributed by atoms with Gasteiger partial charge in [-0.3, -0.25) is 4.98 Å². The maximum Gasteiger partial charge on any atom is 0.146 e. The van der Waals surface area contributed by atoms with Gasteiger partial charge in [0.25, 0.3) is 0 Å². The Bertz CT molecular complexity index is 499. The van der Waals surface area contributed by atoms with Crippen LogP contribution in [0.3, 0.4) is 0 Å². The molecule has 0 aliphatic carbocycles. The third kappa shape index (κ3) is 2.62. The largest absolute Gasteiger partial charge is 0.308 e. The summed E-state index contributed by atoms with van der Waals surface area (Å²) in [5.41, 5.74) is 1.31. The van der Waals surface area contributed by atoms with Gasteiger partial charge in [0.05, 0.1) is 11.7 Å². The Kier molecular flexibility index (Phi) is 3.71. The molecule has 0 radical (unpaired) electrons. The Morgan fingerprint density at radius 3 is 2.53 bits per heavy atom. The van der Waals surface area contributed by atoms with Crippen molar-refractivity contribution in [2.45, 2.75) is 6.04 Å². The lowest BCUT2D eigenvalue weighted by Crippen LogP contribution is -2.20. The second kappa shape index (κ2) is 5.25. The number of halogens is 2. The SMILES string of the molecule is CNC(c1ccc(Cl)cc1)c1ncccc1F. The van der Waals surface area contributed by atoms with Crippen molar-refractivity contribution >= 4 is 11.6 Å². The Morgan fingerprint density at radius 1 is 1.24 bits per heavy atom. The van der Waals surface area contributed by atoms with Crippen LogP contribution >= 0.6 is 11.6 Å². The van der Waals surface area contributed by atoms with Gasteiger partial charge < -0.3 is 5.32 Å². The van der Waals surface area contributed by atoms with Crippen LogP contribution in [0.4, 0.5) is 4.39 Å². The molecule has 0 saturated carbocycles. The quantitative estimate of drug-likeness (QED) is 0.905. The first-order chi connectivity index (χ1) is 8.22. The van der Waals surface area contributed by atoms with Gasteiger partial charge in [0, 0.05) is 11.2 Å². The van der Waals surface area contributed by atoms with Crippen molar-refractivity contribution in [2.75, 3.05) is 7.05 Å². The summed E-state index contributed by atoms with van der Waals surface area (Å²) in [7, 11) is 1.77. The van der Waals surface area contributed by atoms with Crippen LogP contribution < -0.4 is 5.32 Å². The molecule has 88 valence electrons. The standard InChI is InChI=1S/C13H12ClFN2/c1-16-12(9-4-6-10(14)7-5-9)13-11(15)3-2-8-17-13/h2-8,12,16H,1H3. The van der Waals surface area contributed by atoms with Crippen molar-refractivity contribution in [1.82, 2.24) is 10.3 Å². The lowest BCUT2D eigenvalue weighted by molar-refractivity contribution is 0.560. The van der Waals surface area contributed by atoms with Crippen LogP contribution in [0.5, 0.6) is 0 Å². The molecular weight excluding hydrogens is 239 g/mol. The summed E-state index contributed by atoms with van der Waals surface area (Å²) in [5.74, 6) is -0.318. The van der Waals surface area contributed by atoms with E-state index in [2.05, 4.69) is 10.3 Å². The molecule has 0 amide bonds. The first-order valence-electron chi connectivity index (χ1n) is 5.25. The Balaban J connectivity index is 2.40. The van der Waals surface area contributed by atoms with Crippen LogP contribution in [0.2, 0.25) is 5.02 Å². The molecule has 2 rings (SSSR count). The van der Waals surface area contributed by atoms with Gasteiger partial charge in [-0.05, 0) is 36.9 Å². The maximum atomic E-state index is 13.7. The first-order valence-corrected chi connectivity index (χ1v) is 5.63. The average Bonchev–Trinajstić information content (AvgIpc) is 2.35. The number of hydrogen-bond acceptors (Lipinski definition) is 2. The number of pyridine rings is 1. The highest BCUT2D eigenvalue weighted by Crippen LogP contribution is 2.23. The maximum absolute atomic E-state index is 13.7. The van der Waals surface area contributed by atoms with E-state index in [-0.39, 0.29) is 11.9 Å². The molecule has 0 spiro atoms. The second-order valence-corrected chi connectivity index (χ2v) is 4.08. The lowest BCUT2D eigenvalue weighted by atomic mass is 10.0. The number of benzene rings is 1. The van der Waals surface area contributed by atoms with E-state index in [1.807, 2.05) is 12.1 Å². The van der Waals surface area contributed by atoms with Crippen LogP contribution in [0.1, 0.15) is 17.3 Å². The van der Waals surface area contributed by atoms with E-state index in [4.69, 9.17) is 11.6 Å². The normalized spacial score (nSPS) is 12.4. The predicted molar refractivity (Wildman–Crippen MR) is 66.5 cm³/mol. The number of rotatable bonds is 3. The highest BCUT2D eigenvalue weighted by Gasteiger charge is 2.16. The number of aromatic nitrogens is 1. The molecule has 1 atom stereocenters. The van der Waals surface area contributed by atoms with E-state index in [1.165, 1.54) is 6.07 Å². The van der Waals surface area contributed by atoms with Crippen LogP contribution in [0.15, 0.2) is 42.6 Å². The molecule has 1 aromatic carbocycles. The fourth-order valence-corrected chi connectivity index (χ4v) is 1.85. The topological polar surface area (TPSA) is 24.9 Å². The molecule has 1 N–H and O–H groups in total. The summed E-state index contributed by atoms with van der Waals surface area (Å²) in [6.07, 6.45) is 1.58. The van der Waals surface area contributed by atoms with E-state index >= 15 is 0 Å². The van der Waals surface area contributed by atoms with Crippen molar-refractivity contribution in [3.8, 4) is 0 Å². The Hall–Kier alpha value is -1.45. The van der Waals surface area contributed by atoms with Crippen LogP contribution in [0, 0.1) is 5.82 Å². The Labute approximate surface area is 104 Å². The van der Waals surface area contributed by atoms with E-state index in [9.17, 15) is 4.39 Å². The van der Waals surface area contributed by atoms with Gasteiger partial charge in [-0.25, -0.2) is 4.39 Å². The molecule has 0 fully saturated rings. The monoisotopic (exact) mass is 250 g/mol. The van der Waals surface area contributed by atoms with Gasteiger partial charge in [0.2, 0.25) is 0 Å². The highest BCUT2D eigenvalue weighted by molar-refractivity contribution is 6.30. The molecule has 0 bridgehead atoms. The third-order valence-electron chi connectivity index (χ3n) is 2.55. The van der Waals surface area contributed by atoms with Crippen molar-refractivity contribution in [2.24, 2.45) is 0 Å². The zero-order valence-corrected chi connectivity index (χ0v) is 10.1. The summed E-state index contributed by atoms with van der Waals surface area (Å²) < 4.78 is 13.7. The summed E-state index contributed by atoms with van der Waals surface area (Å²) in [6.45, 7) is 0. The van der Waals surface area contributed by atoms with Gasteiger partial charge in [-0.2, -0.15) is 0 Å². The minimum absolute atomic E-state index is 0.270. The molecule has 17 heavy (non-hydrogen) atoms. The zero-order chi connectivity index (χ0) is 12.3. The molecule has 0 aliphatic heterocycles. The average molecular weight is 251 g/mol. The zero-order valence-electron chi connectivity index (χ0n) is 9.32. The van der Waals surface area contributed by atoms with E-state index < -0.39 is 0 Å². The van der Waals surface area contributed by atoms with Crippen molar-refractivity contribution in [1.29, 1.82) is 0 Å². The Morgan fingerprint density at radius 2 is 1.94 bits per heavy atom. The lowest BCUT2D eigenvalue weighted by Gasteiger charge is -2.16. The van der Waals surface area contributed by atoms with Crippen LogP contribution in [0.25, 0.3) is 0 Å². The molecule has 1 unspecified atom stereocenters. The smallest absolute Gasteiger partial charge is 0.146 e. The number of nitrogens with one attached hydrogen (secondary N) is 1. The minimum atomic E-state index is -0.318. The fraction of sp³-hybridized carbons (Fsp3) is 0.154. The molecule has 0 saturated heterocycles. The first kappa shape index (κ1) is 12.0. The van der Waals surface area contributed by atoms with E-state index in [0.717, 1.165) is 5.56 Å². The highest BCUT2D eigenvalue weighted by atomic mass is 35.5.